The van der Waals surface area contributed by atoms with Crippen LogP contribution in [0.15, 0.2) is 45.7 Å². The molecular weight excluding hydrogens is 308 g/mol. The second kappa shape index (κ2) is 7.49. The Morgan fingerprint density at radius 2 is 2.21 bits per heavy atom. The molecule has 0 aromatic carbocycles. The van der Waals surface area contributed by atoms with Gasteiger partial charge >= 0.3 is 0 Å². The van der Waals surface area contributed by atoms with E-state index in [-0.39, 0.29) is 11.5 Å². The third-order valence-corrected chi connectivity index (χ3v) is 4.27. The van der Waals surface area contributed by atoms with Gasteiger partial charge in [-0.2, -0.15) is 0 Å². The van der Waals surface area contributed by atoms with Crippen molar-refractivity contribution < 1.29 is 13.9 Å². The van der Waals surface area contributed by atoms with E-state index in [0.29, 0.717) is 43.7 Å². The van der Waals surface area contributed by atoms with Crippen molar-refractivity contribution in [2.24, 2.45) is 5.92 Å². The molecule has 1 aliphatic rings. The van der Waals surface area contributed by atoms with E-state index >= 15 is 0 Å². The molecule has 128 valence electrons. The second-order valence-electron chi connectivity index (χ2n) is 6.01. The van der Waals surface area contributed by atoms with Crippen molar-refractivity contribution in [1.29, 1.82) is 0 Å². The predicted octanol–water partition coefficient (Wildman–Crippen LogP) is 1.99. The van der Waals surface area contributed by atoms with Gasteiger partial charge in [0.05, 0.1) is 13.2 Å². The molecule has 1 aliphatic heterocycles. The highest BCUT2D eigenvalue weighted by Gasteiger charge is 2.24. The van der Waals surface area contributed by atoms with Gasteiger partial charge in [-0.05, 0) is 31.5 Å². The lowest BCUT2D eigenvalue weighted by Gasteiger charge is -2.22. The van der Waals surface area contributed by atoms with Crippen molar-refractivity contribution in [2.75, 3.05) is 26.3 Å². The van der Waals surface area contributed by atoms with E-state index in [9.17, 15) is 9.59 Å². The summed E-state index contributed by atoms with van der Waals surface area (Å²) >= 11 is 0. The zero-order valence-electron chi connectivity index (χ0n) is 13.8. The van der Waals surface area contributed by atoms with Crippen LogP contribution in [0.4, 0.5) is 0 Å². The molecule has 3 rings (SSSR count). The summed E-state index contributed by atoms with van der Waals surface area (Å²) in [6.07, 6.45) is 2.69. The van der Waals surface area contributed by atoms with Crippen molar-refractivity contribution >= 4 is 5.91 Å². The van der Waals surface area contributed by atoms with Gasteiger partial charge in [-0.3, -0.25) is 9.59 Å². The Bertz CT molecular complexity index is 743. The lowest BCUT2D eigenvalue weighted by molar-refractivity contribution is 0.0697. The van der Waals surface area contributed by atoms with E-state index in [1.54, 1.807) is 39.9 Å². The smallest absolute Gasteiger partial charge is 0.289 e. The minimum atomic E-state index is -0.115. The highest BCUT2D eigenvalue weighted by Crippen LogP contribution is 2.17. The fourth-order valence-electron chi connectivity index (χ4n) is 2.89. The topological polar surface area (TPSA) is 64.7 Å². The lowest BCUT2D eigenvalue weighted by atomic mass is 10.1. The van der Waals surface area contributed by atoms with E-state index in [1.165, 1.54) is 6.07 Å². The summed E-state index contributed by atoms with van der Waals surface area (Å²) in [7, 11) is 0. The molecule has 0 N–H and O–H groups in total. The van der Waals surface area contributed by atoms with Crippen LogP contribution in [-0.4, -0.2) is 41.7 Å². The van der Waals surface area contributed by atoms with Crippen LogP contribution >= 0.6 is 0 Å². The van der Waals surface area contributed by atoms with Gasteiger partial charge in [0.15, 0.2) is 5.76 Å². The highest BCUT2D eigenvalue weighted by atomic mass is 16.5. The molecule has 6 nitrogen and oxygen atoms in total. The zero-order valence-corrected chi connectivity index (χ0v) is 13.8. The Morgan fingerprint density at radius 3 is 2.92 bits per heavy atom. The summed E-state index contributed by atoms with van der Waals surface area (Å²) in [6.45, 7) is 5.07. The van der Waals surface area contributed by atoms with Crippen LogP contribution in [0.2, 0.25) is 0 Å². The van der Waals surface area contributed by atoms with E-state index in [4.69, 9.17) is 9.15 Å². The number of furan rings is 1. The molecule has 0 bridgehead atoms. The summed E-state index contributed by atoms with van der Waals surface area (Å²) in [6, 6.07) is 8.41. The van der Waals surface area contributed by atoms with Gasteiger partial charge in [-0.15, -0.1) is 0 Å². The van der Waals surface area contributed by atoms with Crippen molar-refractivity contribution in [3.63, 3.8) is 0 Å². The summed E-state index contributed by atoms with van der Waals surface area (Å²) < 4.78 is 12.6. The Hall–Kier alpha value is -2.34. The molecule has 0 radical (unpaired) electrons. The molecule has 1 fully saturated rings. The average Bonchev–Trinajstić information content (AvgIpc) is 3.26. The molecule has 1 atom stereocenters. The summed E-state index contributed by atoms with van der Waals surface area (Å²) in [5.41, 5.74) is -0.0989. The standard InChI is InChI=1S/C18H22N2O4/c1-2-19(11-14-8-10-23-13-14)18(22)16-7-6-15(24-16)12-20-9-4-3-5-17(20)21/h3-7,9,14H,2,8,10-13H2,1H3/t14-/m1/s1. The molecule has 0 spiro atoms. The molecule has 2 aromatic rings. The monoisotopic (exact) mass is 330 g/mol. The van der Waals surface area contributed by atoms with Crippen molar-refractivity contribution in [3.8, 4) is 0 Å². The van der Waals surface area contributed by atoms with Gasteiger partial charge in [0, 0.05) is 37.9 Å². The van der Waals surface area contributed by atoms with Crippen LogP contribution in [0.3, 0.4) is 0 Å². The number of carbonyl (C=O) groups excluding carboxylic acids is 1. The first-order chi connectivity index (χ1) is 11.7. The number of ether oxygens (including phenoxy) is 1. The Balaban J connectivity index is 1.68. The van der Waals surface area contributed by atoms with E-state index in [0.717, 1.165) is 13.0 Å². The molecule has 0 unspecified atom stereocenters. The molecular formula is C18H22N2O4. The molecule has 6 heteroatoms. The van der Waals surface area contributed by atoms with Crippen LogP contribution in [0, 0.1) is 5.92 Å². The van der Waals surface area contributed by atoms with Crippen molar-refractivity contribution in [2.45, 2.75) is 19.9 Å². The molecule has 0 saturated carbocycles. The van der Waals surface area contributed by atoms with E-state index in [1.807, 2.05) is 6.92 Å². The average molecular weight is 330 g/mol. The number of hydrogen-bond donors (Lipinski definition) is 0. The Labute approximate surface area is 140 Å². The summed E-state index contributed by atoms with van der Waals surface area (Å²) in [5, 5.41) is 0. The largest absolute Gasteiger partial charge is 0.454 e. The fourth-order valence-corrected chi connectivity index (χ4v) is 2.89. The van der Waals surface area contributed by atoms with Crippen LogP contribution in [0.1, 0.15) is 29.7 Å². The van der Waals surface area contributed by atoms with Gasteiger partial charge in [-0.25, -0.2) is 0 Å². The molecule has 24 heavy (non-hydrogen) atoms. The molecule has 2 aromatic heterocycles. The first-order valence-electron chi connectivity index (χ1n) is 8.28. The normalized spacial score (nSPS) is 17.1. The number of aromatic nitrogens is 1. The lowest BCUT2D eigenvalue weighted by Crippen LogP contribution is -2.35. The minimum Gasteiger partial charge on any atom is -0.454 e. The summed E-state index contributed by atoms with van der Waals surface area (Å²) in [5.74, 6) is 1.18. The maximum absolute atomic E-state index is 12.6. The Kier molecular flexibility index (Phi) is 5.15. The molecule has 1 amide bonds. The predicted molar refractivity (Wildman–Crippen MR) is 89.0 cm³/mol. The first-order valence-corrected chi connectivity index (χ1v) is 8.28. The first kappa shape index (κ1) is 16.5. The van der Waals surface area contributed by atoms with Gasteiger partial charge in [0.25, 0.3) is 11.5 Å². The maximum Gasteiger partial charge on any atom is 0.289 e. The van der Waals surface area contributed by atoms with Gasteiger partial charge in [-0.1, -0.05) is 6.07 Å². The number of amides is 1. The quantitative estimate of drug-likeness (QED) is 0.812. The van der Waals surface area contributed by atoms with Crippen LogP contribution in [0.25, 0.3) is 0 Å². The minimum absolute atomic E-state index is 0.0989. The van der Waals surface area contributed by atoms with E-state index in [2.05, 4.69) is 0 Å². The second-order valence-corrected chi connectivity index (χ2v) is 6.01. The number of pyridine rings is 1. The molecule has 1 saturated heterocycles. The van der Waals surface area contributed by atoms with Crippen LogP contribution in [0.5, 0.6) is 0 Å². The van der Waals surface area contributed by atoms with Gasteiger partial charge in [0.2, 0.25) is 0 Å². The number of nitrogens with zero attached hydrogens (tertiary/aromatic N) is 2. The third-order valence-electron chi connectivity index (χ3n) is 4.27. The SMILES string of the molecule is CCN(C[C@H]1CCOC1)C(=O)c1ccc(Cn2ccccc2=O)o1. The molecule has 0 aliphatic carbocycles. The van der Waals surface area contributed by atoms with Crippen LogP contribution < -0.4 is 5.56 Å². The van der Waals surface area contributed by atoms with Crippen molar-refractivity contribution in [3.05, 3.63) is 58.4 Å². The Morgan fingerprint density at radius 1 is 1.33 bits per heavy atom. The number of rotatable bonds is 6. The molecule has 3 heterocycles. The van der Waals surface area contributed by atoms with Crippen LogP contribution in [-0.2, 0) is 11.3 Å². The van der Waals surface area contributed by atoms with E-state index < -0.39 is 0 Å². The van der Waals surface area contributed by atoms with Gasteiger partial charge in [0.1, 0.15) is 5.76 Å². The highest BCUT2D eigenvalue weighted by molar-refractivity contribution is 5.91. The third kappa shape index (κ3) is 3.76. The van der Waals surface area contributed by atoms with Crippen molar-refractivity contribution in [1.82, 2.24) is 9.47 Å². The zero-order chi connectivity index (χ0) is 16.9. The number of carbonyl (C=O) groups is 1. The van der Waals surface area contributed by atoms with Gasteiger partial charge < -0.3 is 18.6 Å². The summed E-state index contributed by atoms with van der Waals surface area (Å²) in [4.78, 5) is 26.2. The maximum atomic E-state index is 12.6. The number of hydrogen-bond acceptors (Lipinski definition) is 4. The fraction of sp³-hybridized carbons (Fsp3) is 0.444.